The third kappa shape index (κ3) is 3.73. The van der Waals surface area contributed by atoms with Gasteiger partial charge in [0, 0.05) is 38.6 Å². The van der Waals surface area contributed by atoms with Crippen molar-refractivity contribution in [3.63, 3.8) is 0 Å². The average molecular weight is 453 g/mol. The molecule has 0 bridgehead atoms. The Morgan fingerprint density at radius 1 is 1.07 bits per heavy atom. The van der Waals surface area contributed by atoms with Crippen LogP contribution in [0.15, 0.2) is 75.7 Å². The number of nitrogens with one attached hydrogen (secondary N) is 2. The van der Waals surface area contributed by atoms with Crippen LogP contribution in [-0.4, -0.2) is 16.2 Å². The molecule has 0 unspecified atom stereocenters. The fourth-order valence-corrected chi connectivity index (χ4v) is 4.26. The Hall–Kier alpha value is -3.06. The number of hydrazone groups is 1. The van der Waals surface area contributed by atoms with Gasteiger partial charge in [0.1, 0.15) is 11.5 Å². The molecule has 30 heavy (non-hydrogen) atoms. The second kappa shape index (κ2) is 7.99. The zero-order chi connectivity index (χ0) is 20.5. The van der Waals surface area contributed by atoms with Crippen molar-refractivity contribution in [2.45, 2.75) is 0 Å². The minimum Gasteiger partial charge on any atom is -0.454 e. The summed E-state index contributed by atoms with van der Waals surface area (Å²) in [6, 6.07) is 17.1. The molecule has 0 aliphatic heterocycles. The van der Waals surface area contributed by atoms with Crippen molar-refractivity contribution < 1.29 is 4.42 Å². The molecule has 0 fully saturated rings. The highest BCUT2D eigenvalue weighted by Crippen LogP contribution is 2.34. The summed E-state index contributed by atoms with van der Waals surface area (Å²) in [5, 5.41) is 9.13. The molecule has 0 amide bonds. The Labute approximate surface area is 186 Å². The number of aromatic nitrogens is 2. The van der Waals surface area contributed by atoms with Gasteiger partial charge < -0.3 is 9.40 Å². The zero-order valence-corrected chi connectivity index (χ0v) is 17.7. The number of H-pyrrole nitrogens is 1. The number of hydrogen-bond acceptors (Lipinski definition) is 5. The number of benzene rings is 2. The molecule has 0 spiro atoms. The molecule has 148 valence electrons. The van der Waals surface area contributed by atoms with Crippen molar-refractivity contribution in [2.75, 3.05) is 5.43 Å². The lowest BCUT2D eigenvalue weighted by atomic mass is 10.2. The van der Waals surface area contributed by atoms with Crippen LogP contribution < -0.4 is 5.43 Å². The summed E-state index contributed by atoms with van der Waals surface area (Å²) in [6.07, 6.45) is 3.70. The Bertz CT molecular complexity index is 1370. The summed E-state index contributed by atoms with van der Waals surface area (Å²) in [5.74, 6) is 1.31. The maximum absolute atomic E-state index is 6.27. The second-order valence-electron chi connectivity index (χ2n) is 6.49. The summed E-state index contributed by atoms with van der Waals surface area (Å²) in [5.41, 5.74) is 6.56. The Balaban J connectivity index is 1.32. The SMILES string of the molecule is Clc1ccc(-c2ccc(-c3csc(N/N=C/c4c[nH]c5ccccc45)n3)o2)c(Cl)c1. The predicted molar refractivity (Wildman–Crippen MR) is 125 cm³/mol. The molecule has 3 heterocycles. The number of thiazole rings is 1. The second-order valence-corrected chi connectivity index (χ2v) is 8.19. The highest BCUT2D eigenvalue weighted by atomic mass is 35.5. The van der Waals surface area contributed by atoms with E-state index in [1.165, 1.54) is 11.3 Å². The van der Waals surface area contributed by atoms with E-state index in [9.17, 15) is 0 Å². The molecular formula is C22H14Cl2N4OS. The van der Waals surface area contributed by atoms with Crippen LogP contribution in [0.25, 0.3) is 33.7 Å². The van der Waals surface area contributed by atoms with Gasteiger partial charge >= 0.3 is 0 Å². The molecule has 0 atom stereocenters. The van der Waals surface area contributed by atoms with Crippen LogP contribution in [0.2, 0.25) is 10.0 Å². The average Bonchev–Trinajstić information content (AvgIpc) is 3.48. The van der Waals surface area contributed by atoms with Gasteiger partial charge in [-0.3, -0.25) is 5.43 Å². The monoisotopic (exact) mass is 452 g/mol. The van der Waals surface area contributed by atoms with E-state index in [4.69, 9.17) is 27.6 Å². The van der Waals surface area contributed by atoms with Crippen LogP contribution in [0.3, 0.4) is 0 Å². The lowest BCUT2D eigenvalue weighted by Gasteiger charge is -2.01. The summed E-state index contributed by atoms with van der Waals surface area (Å²) < 4.78 is 5.95. The number of hydrogen-bond donors (Lipinski definition) is 2. The zero-order valence-electron chi connectivity index (χ0n) is 15.4. The van der Waals surface area contributed by atoms with E-state index in [2.05, 4.69) is 26.6 Å². The van der Waals surface area contributed by atoms with E-state index in [-0.39, 0.29) is 0 Å². The predicted octanol–water partition coefficient (Wildman–Crippen LogP) is 7.30. The first kappa shape index (κ1) is 18.9. The fraction of sp³-hybridized carbons (Fsp3) is 0. The van der Waals surface area contributed by atoms with Crippen LogP contribution in [0, 0.1) is 0 Å². The van der Waals surface area contributed by atoms with Gasteiger partial charge in [-0.2, -0.15) is 5.10 Å². The van der Waals surface area contributed by atoms with Crippen molar-refractivity contribution in [1.29, 1.82) is 0 Å². The Kier molecular flexibility index (Phi) is 5.04. The van der Waals surface area contributed by atoms with Gasteiger partial charge in [-0.05, 0) is 36.4 Å². The first-order valence-electron chi connectivity index (χ1n) is 9.04. The van der Waals surface area contributed by atoms with E-state index in [0.29, 0.717) is 26.7 Å². The third-order valence-electron chi connectivity index (χ3n) is 4.54. The van der Waals surface area contributed by atoms with Crippen molar-refractivity contribution in [3.05, 3.63) is 81.8 Å². The third-order valence-corrected chi connectivity index (χ3v) is 5.84. The van der Waals surface area contributed by atoms with Gasteiger partial charge in [-0.1, -0.05) is 41.4 Å². The normalized spacial score (nSPS) is 11.5. The highest BCUT2D eigenvalue weighted by molar-refractivity contribution is 7.14. The maximum atomic E-state index is 6.27. The standard InChI is InChI=1S/C22H14Cl2N4OS/c23-14-5-6-16(17(24)9-14)20-7-8-21(29-20)19-12-30-22(27-19)28-26-11-13-10-25-18-4-2-1-3-15(13)18/h1-12,25H,(H,27,28)/b26-11+. The quantitative estimate of drug-likeness (QED) is 0.217. The molecule has 0 aliphatic carbocycles. The first-order chi connectivity index (χ1) is 14.7. The van der Waals surface area contributed by atoms with E-state index in [1.807, 2.05) is 48.0 Å². The largest absolute Gasteiger partial charge is 0.454 e. The van der Waals surface area contributed by atoms with Crippen LogP contribution in [0.4, 0.5) is 5.13 Å². The van der Waals surface area contributed by atoms with Crippen LogP contribution >= 0.6 is 34.5 Å². The van der Waals surface area contributed by atoms with Crippen LogP contribution in [0.1, 0.15) is 5.56 Å². The van der Waals surface area contributed by atoms with Gasteiger partial charge in [-0.25, -0.2) is 4.98 Å². The number of anilines is 1. The number of furan rings is 1. The van der Waals surface area contributed by atoms with Crippen molar-refractivity contribution in [2.24, 2.45) is 5.10 Å². The maximum Gasteiger partial charge on any atom is 0.203 e. The summed E-state index contributed by atoms with van der Waals surface area (Å²) in [7, 11) is 0. The molecular weight excluding hydrogens is 439 g/mol. The molecule has 5 nitrogen and oxygen atoms in total. The topological polar surface area (TPSA) is 66.2 Å². The summed E-state index contributed by atoms with van der Waals surface area (Å²) in [6.45, 7) is 0. The van der Waals surface area contributed by atoms with Crippen LogP contribution in [-0.2, 0) is 0 Å². The number of halogens is 2. The van der Waals surface area contributed by atoms with E-state index < -0.39 is 0 Å². The Morgan fingerprint density at radius 3 is 2.83 bits per heavy atom. The lowest BCUT2D eigenvalue weighted by molar-refractivity contribution is 0.595. The summed E-state index contributed by atoms with van der Waals surface area (Å²) >= 11 is 13.7. The molecule has 0 saturated carbocycles. The molecule has 3 aromatic heterocycles. The molecule has 0 saturated heterocycles. The first-order valence-corrected chi connectivity index (χ1v) is 10.7. The molecule has 2 aromatic carbocycles. The fourth-order valence-electron chi connectivity index (χ4n) is 3.11. The molecule has 8 heteroatoms. The molecule has 0 aliphatic rings. The van der Waals surface area contributed by atoms with Gasteiger partial charge in [0.2, 0.25) is 5.13 Å². The highest BCUT2D eigenvalue weighted by Gasteiger charge is 2.12. The van der Waals surface area contributed by atoms with Gasteiger partial charge in [-0.15, -0.1) is 11.3 Å². The minimum absolute atomic E-state index is 0.538. The van der Waals surface area contributed by atoms with Crippen molar-refractivity contribution in [3.8, 4) is 22.8 Å². The summed E-state index contributed by atoms with van der Waals surface area (Å²) in [4.78, 5) is 7.77. The smallest absolute Gasteiger partial charge is 0.203 e. The minimum atomic E-state index is 0.538. The molecule has 5 aromatic rings. The molecule has 5 rings (SSSR count). The lowest BCUT2D eigenvalue weighted by Crippen LogP contribution is -1.89. The van der Waals surface area contributed by atoms with Crippen LogP contribution in [0.5, 0.6) is 0 Å². The number of aromatic amines is 1. The van der Waals surface area contributed by atoms with Gasteiger partial charge in [0.25, 0.3) is 0 Å². The van der Waals surface area contributed by atoms with Gasteiger partial charge in [0.05, 0.1) is 11.2 Å². The Morgan fingerprint density at radius 2 is 1.93 bits per heavy atom. The van der Waals surface area contributed by atoms with Crippen molar-refractivity contribution in [1.82, 2.24) is 9.97 Å². The van der Waals surface area contributed by atoms with E-state index >= 15 is 0 Å². The van der Waals surface area contributed by atoms with E-state index in [0.717, 1.165) is 27.7 Å². The molecule has 0 radical (unpaired) electrons. The number of rotatable bonds is 5. The number of fused-ring (bicyclic) bond motifs is 1. The van der Waals surface area contributed by atoms with Crippen molar-refractivity contribution >= 4 is 56.8 Å². The number of para-hydroxylation sites is 1. The van der Waals surface area contributed by atoms with E-state index in [1.54, 1.807) is 18.3 Å². The molecule has 2 N–H and O–H groups in total. The number of nitrogens with zero attached hydrogens (tertiary/aromatic N) is 2. The van der Waals surface area contributed by atoms with Gasteiger partial charge in [0.15, 0.2) is 5.76 Å².